The van der Waals surface area contributed by atoms with Crippen molar-refractivity contribution in [1.29, 1.82) is 0 Å². The number of rotatable bonds is 5. The molecule has 2 atom stereocenters. The fraction of sp³-hybridized carbons (Fsp3) is 0.500. The van der Waals surface area contributed by atoms with Crippen molar-refractivity contribution in [1.82, 2.24) is 10.2 Å². The lowest BCUT2D eigenvalue weighted by atomic mass is 9.72. The van der Waals surface area contributed by atoms with E-state index in [4.69, 9.17) is 10.5 Å². The number of aryl methyl sites for hydroxylation is 1. The molecule has 1 aliphatic carbocycles. The summed E-state index contributed by atoms with van der Waals surface area (Å²) in [5.41, 5.74) is 7.33. The van der Waals surface area contributed by atoms with Crippen molar-refractivity contribution in [2.24, 2.45) is 10.7 Å². The number of aromatic amines is 1. The molecule has 1 aromatic carbocycles. The molecule has 0 spiro atoms. The van der Waals surface area contributed by atoms with E-state index in [0.717, 1.165) is 49.0 Å². The lowest BCUT2D eigenvalue weighted by molar-refractivity contribution is -0.134. The van der Waals surface area contributed by atoms with Gasteiger partial charge in [-0.2, -0.15) is 5.10 Å². The van der Waals surface area contributed by atoms with Crippen LogP contribution in [0.1, 0.15) is 55.0 Å². The van der Waals surface area contributed by atoms with Crippen LogP contribution in [0.3, 0.4) is 0 Å². The predicted octanol–water partition coefficient (Wildman–Crippen LogP) is 3.71. The molecule has 0 radical (unpaired) electrons. The van der Waals surface area contributed by atoms with Gasteiger partial charge in [-0.05, 0) is 30.9 Å². The van der Waals surface area contributed by atoms with Crippen LogP contribution in [0.15, 0.2) is 35.5 Å². The number of anilines is 1. The summed E-state index contributed by atoms with van der Waals surface area (Å²) >= 11 is 0. The zero-order valence-corrected chi connectivity index (χ0v) is 15.5. The number of H-pyrrole nitrogens is 1. The molecule has 2 aliphatic rings. The maximum atomic E-state index is 15.0. The van der Waals surface area contributed by atoms with Gasteiger partial charge in [-0.1, -0.05) is 43.5 Å². The number of alkyl halides is 1. The number of hydrogen-bond donors (Lipinski definition) is 3. The lowest BCUT2D eigenvalue weighted by Crippen LogP contribution is -2.60. The Labute approximate surface area is 158 Å². The van der Waals surface area contributed by atoms with Crippen molar-refractivity contribution in [3.63, 3.8) is 0 Å². The Bertz CT molecular complexity index is 829. The zero-order chi connectivity index (χ0) is 18.9. The zero-order valence-electron chi connectivity index (χ0n) is 15.5. The molecule has 4 N–H and O–H groups in total. The lowest BCUT2D eigenvalue weighted by Gasteiger charge is -2.48. The normalized spacial score (nSPS) is 24.9. The van der Waals surface area contributed by atoms with Crippen LogP contribution in [0.25, 0.3) is 0 Å². The van der Waals surface area contributed by atoms with Crippen LogP contribution < -0.4 is 11.1 Å². The fourth-order valence-corrected chi connectivity index (χ4v) is 4.34. The van der Waals surface area contributed by atoms with Crippen molar-refractivity contribution in [2.45, 2.75) is 56.5 Å². The molecule has 2 unspecified atom stereocenters. The number of nitrogens with zero attached hydrogens (tertiary/aromatic N) is 2. The maximum Gasteiger partial charge on any atom is 0.169 e. The Kier molecular flexibility index (Phi) is 4.74. The summed E-state index contributed by atoms with van der Waals surface area (Å²) in [6.45, 7) is 1.87. The number of nitrogens with two attached hydrogens (primary N) is 1. The Morgan fingerprint density at radius 1 is 1.26 bits per heavy atom. The van der Waals surface area contributed by atoms with Crippen LogP contribution in [-0.4, -0.2) is 28.7 Å². The highest BCUT2D eigenvalue weighted by molar-refractivity contribution is 5.79. The van der Waals surface area contributed by atoms with Gasteiger partial charge in [0.2, 0.25) is 0 Å². The van der Waals surface area contributed by atoms with Crippen molar-refractivity contribution >= 4 is 12.2 Å². The van der Waals surface area contributed by atoms with E-state index < -0.39 is 17.4 Å². The van der Waals surface area contributed by atoms with Gasteiger partial charge in [0.25, 0.3) is 0 Å². The number of nitrogens with one attached hydrogen (secondary N) is 2. The number of aromatic nitrogens is 2. The first kappa shape index (κ1) is 18.1. The van der Waals surface area contributed by atoms with Gasteiger partial charge in [0.05, 0.1) is 24.7 Å². The third-order valence-electron chi connectivity index (χ3n) is 5.91. The maximum absolute atomic E-state index is 15.0. The Morgan fingerprint density at radius 2 is 2.04 bits per heavy atom. The SMILES string of the molecule is Cc1ccccc1C(F)COC1(C2(N)N=CNc3[nH]ncc32)CCCCC1. The first-order chi connectivity index (χ1) is 13.1. The van der Waals surface area contributed by atoms with E-state index in [9.17, 15) is 0 Å². The van der Waals surface area contributed by atoms with Gasteiger partial charge in [0.1, 0.15) is 17.6 Å². The van der Waals surface area contributed by atoms with E-state index >= 15 is 4.39 Å². The highest BCUT2D eigenvalue weighted by Crippen LogP contribution is 2.48. The van der Waals surface area contributed by atoms with Crippen molar-refractivity contribution in [3.8, 4) is 0 Å². The Balaban J connectivity index is 1.63. The minimum Gasteiger partial charge on any atom is -0.367 e. The van der Waals surface area contributed by atoms with Gasteiger partial charge in [-0.15, -0.1) is 0 Å². The molecule has 1 aliphatic heterocycles. The van der Waals surface area contributed by atoms with E-state index in [1.165, 1.54) is 0 Å². The van der Waals surface area contributed by atoms with Crippen LogP contribution in [0, 0.1) is 6.92 Å². The number of hydrogen-bond acceptors (Lipinski definition) is 5. The summed E-state index contributed by atoms with van der Waals surface area (Å²) in [6, 6.07) is 7.49. The molecule has 7 heteroatoms. The number of halogens is 1. The van der Waals surface area contributed by atoms with Crippen molar-refractivity contribution < 1.29 is 9.13 Å². The second kappa shape index (κ2) is 7.05. The number of ether oxygens (including phenoxy) is 1. The quantitative estimate of drug-likeness (QED) is 0.747. The smallest absolute Gasteiger partial charge is 0.169 e. The third-order valence-corrected chi connectivity index (χ3v) is 5.91. The molecule has 2 aromatic rings. The monoisotopic (exact) mass is 371 g/mol. The van der Waals surface area contributed by atoms with Gasteiger partial charge in [0.15, 0.2) is 5.66 Å². The topological polar surface area (TPSA) is 88.3 Å². The standard InChI is InChI=1S/C20H26FN5O/c1-14-7-3-4-8-15(14)17(21)12-27-19(9-5-2-6-10-19)20(22)16-11-25-26-18(16)23-13-24-20/h3-4,7-8,11,13,17H,2,5-6,9-10,12,22H2,1H3,(H2,23,24,25,26). The van der Waals surface area contributed by atoms with Crippen LogP contribution >= 0.6 is 0 Å². The van der Waals surface area contributed by atoms with E-state index in [1.807, 2.05) is 31.2 Å². The van der Waals surface area contributed by atoms with Gasteiger partial charge in [-0.3, -0.25) is 5.10 Å². The second-order valence-electron chi connectivity index (χ2n) is 7.52. The highest BCUT2D eigenvalue weighted by Gasteiger charge is 2.54. The van der Waals surface area contributed by atoms with Gasteiger partial charge < -0.3 is 15.8 Å². The molecular formula is C20H26FN5O. The number of fused-ring (bicyclic) bond motifs is 1. The molecular weight excluding hydrogens is 345 g/mol. The van der Waals surface area contributed by atoms with Crippen LogP contribution in [-0.2, 0) is 10.4 Å². The van der Waals surface area contributed by atoms with Gasteiger partial charge in [0, 0.05) is 0 Å². The van der Waals surface area contributed by atoms with Crippen LogP contribution in [0.4, 0.5) is 10.2 Å². The molecule has 144 valence electrons. The van der Waals surface area contributed by atoms with Crippen LogP contribution in [0.5, 0.6) is 0 Å². The van der Waals surface area contributed by atoms with Crippen LogP contribution in [0.2, 0.25) is 0 Å². The Hall–Kier alpha value is -2.25. The fourth-order valence-electron chi connectivity index (χ4n) is 4.34. The molecule has 0 bridgehead atoms. The first-order valence-electron chi connectivity index (χ1n) is 9.52. The molecule has 0 amide bonds. The number of aliphatic imine (C=N–C) groups is 1. The molecule has 4 rings (SSSR count). The predicted molar refractivity (Wildman–Crippen MR) is 103 cm³/mol. The molecule has 27 heavy (non-hydrogen) atoms. The minimum absolute atomic E-state index is 0.0417. The molecule has 6 nitrogen and oxygen atoms in total. The molecule has 1 aromatic heterocycles. The van der Waals surface area contributed by atoms with E-state index in [-0.39, 0.29) is 6.61 Å². The van der Waals surface area contributed by atoms with E-state index in [0.29, 0.717) is 5.56 Å². The second-order valence-corrected chi connectivity index (χ2v) is 7.52. The summed E-state index contributed by atoms with van der Waals surface area (Å²) < 4.78 is 21.3. The summed E-state index contributed by atoms with van der Waals surface area (Å²) in [4.78, 5) is 4.57. The summed E-state index contributed by atoms with van der Waals surface area (Å²) in [6.07, 6.45) is 6.63. The average Bonchev–Trinajstić information content (AvgIpc) is 3.18. The van der Waals surface area contributed by atoms with E-state index in [1.54, 1.807) is 12.5 Å². The average molecular weight is 371 g/mol. The first-order valence-corrected chi connectivity index (χ1v) is 9.52. The third kappa shape index (κ3) is 3.04. The minimum atomic E-state index is -1.21. The van der Waals surface area contributed by atoms with E-state index in [2.05, 4.69) is 20.5 Å². The van der Waals surface area contributed by atoms with Gasteiger partial charge in [-0.25, -0.2) is 9.38 Å². The van der Waals surface area contributed by atoms with Crippen molar-refractivity contribution in [2.75, 3.05) is 11.9 Å². The largest absolute Gasteiger partial charge is 0.367 e. The molecule has 1 fully saturated rings. The summed E-state index contributed by atoms with van der Waals surface area (Å²) in [5.74, 6) is 0.719. The highest BCUT2D eigenvalue weighted by atomic mass is 19.1. The summed E-state index contributed by atoms with van der Waals surface area (Å²) in [7, 11) is 0. The molecule has 2 heterocycles. The van der Waals surface area contributed by atoms with Gasteiger partial charge >= 0.3 is 0 Å². The number of benzene rings is 1. The Morgan fingerprint density at radius 3 is 2.81 bits per heavy atom. The molecule has 0 saturated heterocycles. The summed E-state index contributed by atoms with van der Waals surface area (Å²) in [5, 5.41) is 10.0. The van der Waals surface area contributed by atoms with Crippen molar-refractivity contribution in [3.05, 3.63) is 47.2 Å². The molecule has 1 saturated carbocycles.